The fourth-order valence-corrected chi connectivity index (χ4v) is 2.54. The molecule has 0 fully saturated rings. The lowest BCUT2D eigenvalue weighted by Gasteiger charge is -2.19. The van der Waals surface area contributed by atoms with Gasteiger partial charge in [0.15, 0.2) is 0 Å². The normalized spacial score (nSPS) is 13.8. The van der Waals surface area contributed by atoms with E-state index in [9.17, 15) is 13.2 Å². The number of ether oxygens (including phenoxy) is 1. The molecule has 0 aliphatic heterocycles. The molecule has 1 atom stereocenters. The maximum absolute atomic E-state index is 11.6. The average molecular weight is 273 g/mol. The molecule has 96 valence electrons. The van der Waals surface area contributed by atoms with Crippen LogP contribution in [0.2, 0.25) is 0 Å². The lowest BCUT2D eigenvalue weighted by molar-refractivity contribution is -0.140. The van der Waals surface area contributed by atoms with E-state index in [0.29, 0.717) is 13.1 Å². The SMILES string of the molecule is CCN(CC)S(=O)(=O)NCC(Cl)C(=O)OC. The number of nitrogens with zero attached hydrogens (tertiary/aromatic N) is 1. The molecule has 0 amide bonds. The fourth-order valence-electron chi connectivity index (χ4n) is 1.04. The second-order valence-corrected chi connectivity index (χ2v) is 5.21. The first-order chi connectivity index (χ1) is 7.38. The number of hydrogen-bond donors (Lipinski definition) is 1. The zero-order valence-electron chi connectivity index (χ0n) is 9.57. The summed E-state index contributed by atoms with van der Waals surface area (Å²) in [6.07, 6.45) is 0. The van der Waals surface area contributed by atoms with Gasteiger partial charge in [0.1, 0.15) is 5.38 Å². The standard InChI is InChI=1S/C8H17ClN2O4S/c1-4-11(5-2)16(13,14)10-6-7(9)8(12)15-3/h7,10H,4-6H2,1-3H3. The topological polar surface area (TPSA) is 75.7 Å². The molecule has 0 bridgehead atoms. The minimum absolute atomic E-state index is 0.187. The number of nitrogens with one attached hydrogen (secondary N) is 1. The number of carbonyl (C=O) groups excluding carboxylic acids is 1. The minimum atomic E-state index is -3.57. The van der Waals surface area contributed by atoms with Crippen LogP contribution in [0.1, 0.15) is 13.8 Å². The molecule has 0 saturated carbocycles. The van der Waals surface area contributed by atoms with Crippen molar-refractivity contribution >= 4 is 27.8 Å². The second-order valence-electron chi connectivity index (χ2n) is 2.93. The summed E-state index contributed by atoms with van der Waals surface area (Å²) in [5.41, 5.74) is 0. The van der Waals surface area contributed by atoms with Crippen molar-refractivity contribution in [3.8, 4) is 0 Å². The molecule has 0 aromatic carbocycles. The van der Waals surface area contributed by atoms with E-state index < -0.39 is 21.6 Å². The molecule has 0 aliphatic rings. The highest BCUT2D eigenvalue weighted by Crippen LogP contribution is 2.01. The molecule has 0 aliphatic carbocycles. The van der Waals surface area contributed by atoms with E-state index in [0.717, 1.165) is 0 Å². The van der Waals surface area contributed by atoms with Crippen molar-refractivity contribution in [3.05, 3.63) is 0 Å². The highest BCUT2D eigenvalue weighted by molar-refractivity contribution is 7.87. The van der Waals surface area contributed by atoms with Crippen molar-refractivity contribution in [2.24, 2.45) is 0 Å². The van der Waals surface area contributed by atoms with Gasteiger partial charge in [0.05, 0.1) is 7.11 Å². The van der Waals surface area contributed by atoms with Crippen molar-refractivity contribution in [2.75, 3.05) is 26.7 Å². The molecular weight excluding hydrogens is 256 g/mol. The van der Waals surface area contributed by atoms with Gasteiger partial charge in [0.25, 0.3) is 10.2 Å². The fraction of sp³-hybridized carbons (Fsp3) is 0.875. The van der Waals surface area contributed by atoms with E-state index in [2.05, 4.69) is 9.46 Å². The number of rotatable bonds is 7. The Morgan fingerprint density at radius 2 is 1.94 bits per heavy atom. The highest BCUT2D eigenvalue weighted by Gasteiger charge is 2.22. The third kappa shape index (κ3) is 4.65. The van der Waals surface area contributed by atoms with Crippen LogP contribution >= 0.6 is 11.6 Å². The zero-order valence-corrected chi connectivity index (χ0v) is 11.1. The number of hydrogen-bond acceptors (Lipinski definition) is 4. The van der Waals surface area contributed by atoms with E-state index >= 15 is 0 Å². The van der Waals surface area contributed by atoms with E-state index in [1.807, 2.05) is 0 Å². The van der Waals surface area contributed by atoms with Crippen LogP contribution in [0, 0.1) is 0 Å². The number of halogens is 1. The smallest absolute Gasteiger partial charge is 0.325 e. The van der Waals surface area contributed by atoms with Crippen LogP contribution in [-0.4, -0.2) is 50.8 Å². The molecule has 1 unspecified atom stereocenters. The molecular formula is C8H17ClN2O4S. The summed E-state index contributed by atoms with van der Waals surface area (Å²) in [6, 6.07) is 0. The molecule has 0 aromatic heterocycles. The van der Waals surface area contributed by atoms with Crippen molar-refractivity contribution in [2.45, 2.75) is 19.2 Å². The van der Waals surface area contributed by atoms with Crippen LogP contribution in [-0.2, 0) is 19.7 Å². The molecule has 0 radical (unpaired) electrons. The molecule has 8 heteroatoms. The van der Waals surface area contributed by atoms with Crippen LogP contribution in [0.15, 0.2) is 0 Å². The van der Waals surface area contributed by atoms with Crippen LogP contribution in [0.25, 0.3) is 0 Å². The lowest BCUT2D eigenvalue weighted by atomic mass is 10.4. The summed E-state index contributed by atoms with van der Waals surface area (Å²) in [6.45, 7) is 3.98. The van der Waals surface area contributed by atoms with E-state index in [4.69, 9.17) is 11.6 Å². The number of carbonyl (C=O) groups is 1. The molecule has 16 heavy (non-hydrogen) atoms. The average Bonchev–Trinajstić information content (AvgIpc) is 2.26. The maximum Gasteiger partial charge on any atom is 0.325 e. The first-order valence-corrected chi connectivity index (χ1v) is 6.73. The summed E-state index contributed by atoms with van der Waals surface area (Å²) in [5, 5.41) is -1.02. The van der Waals surface area contributed by atoms with Gasteiger partial charge in [-0.25, -0.2) is 4.72 Å². The first-order valence-electron chi connectivity index (χ1n) is 4.85. The molecule has 1 N–H and O–H groups in total. The predicted molar refractivity (Wildman–Crippen MR) is 61.5 cm³/mol. The zero-order chi connectivity index (χ0) is 12.8. The molecule has 0 spiro atoms. The van der Waals surface area contributed by atoms with Crippen molar-refractivity contribution in [1.82, 2.24) is 9.03 Å². The summed E-state index contributed by atoms with van der Waals surface area (Å²) in [7, 11) is -2.38. The Morgan fingerprint density at radius 3 is 2.31 bits per heavy atom. The van der Waals surface area contributed by atoms with Crippen LogP contribution < -0.4 is 4.72 Å². The number of methoxy groups -OCH3 is 1. The Balaban J connectivity index is 4.34. The van der Waals surface area contributed by atoms with Gasteiger partial charge in [0.2, 0.25) is 0 Å². The van der Waals surface area contributed by atoms with Gasteiger partial charge in [-0.1, -0.05) is 13.8 Å². The van der Waals surface area contributed by atoms with E-state index in [-0.39, 0.29) is 6.54 Å². The third-order valence-electron chi connectivity index (χ3n) is 1.95. The van der Waals surface area contributed by atoms with Gasteiger partial charge in [0, 0.05) is 19.6 Å². The quantitative estimate of drug-likeness (QED) is 0.521. The first kappa shape index (κ1) is 15.6. The molecule has 0 saturated heterocycles. The van der Waals surface area contributed by atoms with Gasteiger partial charge in [-0.05, 0) is 0 Å². The van der Waals surface area contributed by atoms with Gasteiger partial charge in [-0.2, -0.15) is 12.7 Å². The van der Waals surface area contributed by atoms with Gasteiger partial charge >= 0.3 is 5.97 Å². The number of esters is 1. The van der Waals surface area contributed by atoms with Crippen molar-refractivity contribution in [1.29, 1.82) is 0 Å². The summed E-state index contributed by atoms with van der Waals surface area (Å²) in [4.78, 5) is 10.9. The summed E-state index contributed by atoms with van der Waals surface area (Å²) in [5.74, 6) is -0.663. The lowest BCUT2D eigenvalue weighted by Crippen LogP contribution is -2.43. The van der Waals surface area contributed by atoms with Gasteiger partial charge in [-0.15, -0.1) is 11.6 Å². The van der Waals surface area contributed by atoms with Crippen molar-refractivity contribution < 1.29 is 17.9 Å². The summed E-state index contributed by atoms with van der Waals surface area (Å²) < 4.78 is 31.1. The third-order valence-corrected chi connectivity index (χ3v) is 4.01. The van der Waals surface area contributed by atoms with Gasteiger partial charge in [-0.3, -0.25) is 4.79 Å². The Hall–Kier alpha value is -0.370. The Kier molecular flexibility index (Phi) is 6.89. The van der Waals surface area contributed by atoms with Crippen LogP contribution in [0.3, 0.4) is 0 Å². The maximum atomic E-state index is 11.6. The Bertz CT molecular complexity index is 316. The van der Waals surface area contributed by atoms with Gasteiger partial charge < -0.3 is 4.74 Å². The van der Waals surface area contributed by atoms with Crippen LogP contribution in [0.5, 0.6) is 0 Å². The van der Waals surface area contributed by atoms with Crippen molar-refractivity contribution in [3.63, 3.8) is 0 Å². The molecule has 0 aromatic rings. The van der Waals surface area contributed by atoms with E-state index in [1.165, 1.54) is 11.4 Å². The predicted octanol–water partition coefficient (Wildman–Crippen LogP) is -0.0570. The summed E-state index contributed by atoms with van der Waals surface area (Å²) >= 11 is 5.61. The second kappa shape index (κ2) is 7.05. The van der Waals surface area contributed by atoms with Crippen LogP contribution in [0.4, 0.5) is 0 Å². The Morgan fingerprint density at radius 1 is 1.44 bits per heavy atom. The Labute approximate surface area is 101 Å². The largest absolute Gasteiger partial charge is 0.468 e. The van der Waals surface area contributed by atoms with E-state index in [1.54, 1.807) is 13.8 Å². The number of alkyl halides is 1. The minimum Gasteiger partial charge on any atom is -0.468 e. The molecule has 0 rings (SSSR count). The molecule has 6 nitrogen and oxygen atoms in total. The monoisotopic (exact) mass is 272 g/mol. The highest BCUT2D eigenvalue weighted by atomic mass is 35.5. The molecule has 0 heterocycles.